The van der Waals surface area contributed by atoms with Crippen LogP contribution in [0, 0.1) is 0 Å². The lowest BCUT2D eigenvalue weighted by Crippen LogP contribution is -2.20. The first-order valence-corrected chi connectivity index (χ1v) is 12.6. The van der Waals surface area contributed by atoms with Gasteiger partial charge in [-0.2, -0.15) is 5.10 Å². The van der Waals surface area contributed by atoms with E-state index in [-0.39, 0.29) is 5.97 Å². The minimum absolute atomic E-state index is 0.305. The molecule has 0 saturated heterocycles. The average Bonchev–Trinajstić information content (AvgIpc) is 3.30. The van der Waals surface area contributed by atoms with Crippen molar-refractivity contribution in [1.29, 1.82) is 0 Å². The molecule has 2 N–H and O–H groups in total. The van der Waals surface area contributed by atoms with Crippen LogP contribution in [-0.2, 0) is 24.1 Å². The van der Waals surface area contributed by atoms with Crippen molar-refractivity contribution in [2.75, 3.05) is 17.7 Å². The van der Waals surface area contributed by atoms with Crippen LogP contribution >= 0.6 is 39.5 Å². The zero-order valence-electron chi connectivity index (χ0n) is 17.8. The number of carbonyl (C=O) groups excluding carboxylic acids is 1. The summed E-state index contributed by atoms with van der Waals surface area (Å²) >= 11 is 10.6. The fourth-order valence-electron chi connectivity index (χ4n) is 3.95. The van der Waals surface area contributed by atoms with Gasteiger partial charge in [-0.15, -0.1) is 11.3 Å². The van der Waals surface area contributed by atoms with E-state index >= 15 is 0 Å². The fourth-order valence-corrected chi connectivity index (χ4v) is 5.84. The Morgan fingerprint density at radius 3 is 2.81 bits per heavy atom. The van der Waals surface area contributed by atoms with E-state index in [0.29, 0.717) is 17.2 Å². The van der Waals surface area contributed by atoms with E-state index in [1.165, 1.54) is 24.8 Å². The molecule has 9 heteroatoms. The maximum atomic E-state index is 12.6. The molecule has 2 aromatic heterocycles. The SMILES string of the molecule is COC(=O)c1c(NC(=S)Nc2cccc(Cn3cc(Br)cn3)c2)sc2c1CCCCCC2. The van der Waals surface area contributed by atoms with Gasteiger partial charge in [0, 0.05) is 16.8 Å². The standard InChI is InChI=1S/C23H25BrN4O2S2/c1-30-22(29)20-18-9-4-2-3-5-10-19(18)32-21(20)27-23(31)26-17-8-6-7-15(11-17)13-28-14-16(24)12-25-28/h6-8,11-12,14H,2-5,9-10,13H2,1H3,(H2,26,27,31). The monoisotopic (exact) mass is 532 g/mol. The van der Waals surface area contributed by atoms with Gasteiger partial charge < -0.3 is 15.4 Å². The van der Waals surface area contributed by atoms with E-state index in [4.69, 9.17) is 17.0 Å². The molecule has 1 aliphatic carbocycles. The first-order valence-electron chi connectivity index (χ1n) is 10.6. The molecule has 3 aromatic rings. The average molecular weight is 534 g/mol. The third kappa shape index (κ3) is 5.57. The highest BCUT2D eigenvalue weighted by molar-refractivity contribution is 9.10. The van der Waals surface area contributed by atoms with Crippen molar-refractivity contribution in [3.05, 3.63) is 62.7 Å². The molecule has 0 spiro atoms. The van der Waals surface area contributed by atoms with Crippen molar-refractivity contribution >= 4 is 61.3 Å². The Morgan fingerprint density at radius 2 is 2.06 bits per heavy atom. The topological polar surface area (TPSA) is 68.2 Å². The van der Waals surface area contributed by atoms with Crippen molar-refractivity contribution in [3.8, 4) is 0 Å². The molecular weight excluding hydrogens is 508 g/mol. The summed E-state index contributed by atoms with van der Waals surface area (Å²) in [4.78, 5) is 13.9. The van der Waals surface area contributed by atoms with Crippen molar-refractivity contribution in [2.24, 2.45) is 0 Å². The van der Waals surface area contributed by atoms with Crippen molar-refractivity contribution in [2.45, 2.75) is 45.1 Å². The number of nitrogens with one attached hydrogen (secondary N) is 2. The second kappa shape index (κ2) is 10.6. The van der Waals surface area contributed by atoms with Crippen LogP contribution in [0.25, 0.3) is 0 Å². The molecule has 0 unspecified atom stereocenters. The van der Waals surface area contributed by atoms with Gasteiger partial charge >= 0.3 is 5.97 Å². The number of rotatable bonds is 5. The number of ether oxygens (including phenoxy) is 1. The van der Waals surface area contributed by atoms with E-state index in [9.17, 15) is 4.79 Å². The Balaban J connectivity index is 1.50. The molecule has 0 fully saturated rings. The molecule has 0 radical (unpaired) electrons. The third-order valence-electron chi connectivity index (χ3n) is 5.42. The molecule has 0 bridgehead atoms. The molecule has 0 aliphatic heterocycles. The van der Waals surface area contributed by atoms with Crippen LogP contribution in [0.5, 0.6) is 0 Å². The summed E-state index contributed by atoms with van der Waals surface area (Å²) in [5.74, 6) is -0.305. The number of anilines is 2. The number of nitrogens with zero attached hydrogens (tertiary/aromatic N) is 2. The highest BCUT2D eigenvalue weighted by Gasteiger charge is 2.25. The lowest BCUT2D eigenvalue weighted by molar-refractivity contribution is 0.0601. The smallest absolute Gasteiger partial charge is 0.341 e. The first-order chi connectivity index (χ1) is 15.5. The number of fused-ring (bicyclic) bond motifs is 1. The van der Waals surface area contributed by atoms with Crippen LogP contribution in [0.2, 0.25) is 0 Å². The van der Waals surface area contributed by atoms with Gasteiger partial charge in [-0.1, -0.05) is 25.0 Å². The minimum Gasteiger partial charge on any atom is -0.465 e. The van der Waals surface area contributed by atoms with E-state index in [0.717, 1.165) is 52.0 Å². The zero-order chi connectivity index (χ0) is 22.5. The second-order valence-corrected chi connectivity index (χ2v) is 10.2. The number of aromatic nitrogens is 2. The van der Waals surface area contributed by atoms with E-state index in [1.54, 1.807) is 17.5 Å². The quantitative estimate of drug-likeness (QED) is 0.309. The van der Waals surface area contributed by atoms with Crippen LogP contribution in [-0.4, -0.2) is 28.0 Å². The predicted molar refractivity (Wildman–Crippen MR) is 137 cm³/mol. The number of esters is 1. The van der Waals surface area contributed by atoms with Gasteiger partial charge in [0.2, 0.25) is 0 Å². The van der Waals surface area contributed by atoms with Crippen molar-refractivity contribution in [1.82, 2.24) is 9.78 Å². The number of aryl methyl sites for hydroxylation is 1. The zero-order valence-corrected chi connectivity index (χ0v) is 21.0. The van der Waals surface area contributed by atoms with Gasteiger partial charge in [0.1, 0.15) is 5.00 Å². The van der Waals surface area contributed by atoms with Crippen LogP contribution in [0.4, 0.5) is 10.7 Å². The Kier molecular flexibility index (Phi) is 7.59. The number of methoxy groups -OCH3 is 1. The molecule has 1 aromatic carbocycles. The number of halogens is 1. The van der Waals surface area contributed by atoms with Gasteiger partial charge in [-0.3, -0.25) is 4.68 Å². The summed E-state index contributed by atoms with van der Waals surface area (Å²) in [5, 5.41) is 12.0. The Morgan fingerprint density at radius 1 is 1.25 bits per heavy atom. The largest absolute Gasteiger partial charge is 0.465 e. The molecule has 32 heavy (non-hydrogen) atoms. The number of thiophene rings is 1. The molecular formula is C23H25BrN4O2S2. The summed E-state index contributed by atoms with van der Waals surface area (Å²) < 4.78 is 7.91. The van der Waals surface area contributed by atoms with Gasteiger partial charge in [-0.25, -0.2) is 4.79 Å². The summed E-state index contributed by atoms with van der Waals surface area (Å²) in [6.45, 7) is 0.658. The highest BCUT2D eigenvalue weighted by atomic mass is 79.9. The van der Waals surface area contributed by atoms with Gasteiger partial charge in [-0.05, 0) is 77.1 Å². The van der Waals surface area contributed by atoms with Crippen LogP contribution in [0.3, 0.4) is 0 Å². The molecule has 1 aliphatic rings. The van der Waals surface area contributed by atoms with Crippen molar-refractivity contribution < 1.29 is 9.53 Å². The van der Waals surface area contributed by atoms with E-state index in [1.807, 2.05) is 35.1 Å². The summed E-state index contributed by atoms with van der Waals surface area (Å²) in [6.07, 6.45) is 10.3. The normalized spacial score (nSPS) is 13.6. The molecule has 4 rings (SSSR count). The highest BCUT2D eigenvalue weighted by Crippen LogP contribution is 2.37. The third-order valence-corrected chi connectivity index (χ3v) is 7.24. The number of hydrogen-bond acceptors (Lipinski definition) is 5. The number of carbonyl (C=O) groups is 1. The summed E-state index contributed by atoms with van der Waals surface area (Å²) in [6, 6.07) is 8.03. The predicted octanol–water partition coefficient (Wildman–Crippen LogP) is 6.01. The summed E-state index contributed by atoms with van der Waals surface area (Å²) in [7, 11) is 1.43. The maximum absolute atomic E-state index is 12.6. The molecule has 2 heterocycles. The van der Waals surface area contributed by atoms with Gasteiger partial charge in [0.15, 0.2) is 5.11 Å². The lowest BCUT2D eigenvalue weighted by atomic mass is 9.96. The lowest BCUT2D eigenvalue weighted by Gasteiger charge is -2.13. The molecule has 6 nitrogen and oxygen atoms in total. The van der Waals surface area contributed by atoms with Crippen LogP contribution in [0.15, 0.2) is 41.1 Å². The van der Waals surface area contributed by atoms with Gasteiger partial charge in [0.25, 0.3) is 0 Å². The Labute approximate surface area is 205 Å². The molecule has 0 amide bonds. The Bertz CT molecular complexity index is 1130. The van der Waals surface area contributed by atoms with Crippen LogP contribution in [0.1, 0.15) is 52.0 Å². The van der Waals surface area contributed by atoms with Gasteiger partial charge in [0.05, 0.1) is 29.9 Å². The Hall–Kier alpha value is -2.23. The number of benzene rings is 1. The fraction of sp³-hybridized carbons (Fsp3) is 0.348. The van der Waals surface area contributed by atoms with Crippen molar-refractivity contribution in [3.63, 3.8) is 0 Å². The number of hydrogen-bond donors (Lipinski definition) is 2. The molecule has 0 atom stereocenters. The second-order valence-electron chi connectivity index (χ2n) is 7.75. The summed E-state index contributed by atoms with van der Waals surface area (Å²) in [5.41, 5.74) is 3.74. The maximum Gasteiger partial charge on any atom is 0.341 e. The van der Waals surface area contributed by atoms with Crippen LogP contribution < -0.4 is 10.6 Å². The minimum atomic E-state index is -0.305. The number of thiocarbonyl (C=S) groups is 1. The first kappa shape index (κ1) is 22.9. The van der Waals surface area contributed by atoms with E-state index < -0.39 is 0 Å². The van der Waals surface area contributed by atoms with E-state index in [2.05, 4.69) is 31.7 Å². The molecule has 0 saturated carbocycles. The molecule has 168 valence electrons.